The molecule has 0 radical (unpaired) electrons. The first-order chi connectivity index (χ1) is 10.2. The summed E-state index contributed by atoms with van der Waals surface area (Å²) in [6.07, 6.45) is 4.56. The maximum atomic E-state index is 4.83. The molecule has 0 spiro atoms. The van der Waals surface area contributed by atoms with E-state index in [9.17, 15) is 0 Å². The second kappa shape index (κ2) is 7.60. The van der Waals surface area contributed by atoms with Crippen LogP contribution in [0.5, 0.6) is 0 Å². The minimum atomic E-state index is 0.430. The zero-order valence-corrected chi connectivity index (χ0v) is 13.9. The van der Waals surface area contributed by atoms with Crippen LogP contribution in [0.2, 0.25) is 0 Å². The summed E-state index contributed by atoms with van der Waals surface area (Å²) >= 11 is 0. The molecule has 0 bridgehead atoms. The number of fused-ring (bicyclic) bond motifs is 1. The van der Waals surface area contributed by atoms with Gasteiger partial charge >= 0.3 is 0 Å². The molecule has 3 heteroatoms. The number of nitrogens with one attached hydrogen (secondary N) is 1. The van der Waals surface area contributed by atoms with E-state index < -0.39 is 0 Å². The molecule has 0 aliphatic heterocycles. The third kappa shape index (κ3) is 3.65. The molecule has 3 nitrogen and oxygen atoms in total. The average molecular weight is 287 g/mol. The van der Waals surface area contributed by atoms with E-state index in [1.165, 1.54) is 24.2 Å². The van der Waals surface area contributed by atoms with Gasteiger partial charge in [0.25, 0.3) is 0 Å². The van der Waals surface area contributed by atoms with Gasteiger partial charge < -0.3 is 9.88 Å². The molecule has 1 unspecified atom stereocenters. The summed E-state index contributed by atoms with van der Waals surface area (Å²) in [7, 11) is 0. The fourth-order valence-corrected chi connectivity index (χ4v) is 2.99. The molecule has 0 aliphatic carbocycles. The maximum absolute atomic E-state index is 4.83. The largest absolute Gasteiger partial charge is 0.324 e. The Kier molecular flexibility index (Phi) is 5.80. The number of rotatable bonds is 8. The van der Waals surface area contributed by atoms with Gasteiger partial charge in [-0.25, -0.2) is 4.98 Å². The Labute approximate surface area is 128 Å². The summed E-state index contributed by atoms with van der Waals surface area (Å²) in [6, 6.07) is 9.54. The van der Waals surface area contributed by atoms with Gasteiger partial charge in [-0.3, -0.25) is 0 Å². The van der Waals surface area contributed by atoms with Crippen molar-refractivity contribution in [2.45, 2.75) is 65.5 Å². The van der Waals surface area contributed by atoms with Gasteiger partial charge in [0, 0.05) is 25.0 Å². The smallest absolute Gasteiger partial charge is 0.110 e. The van der Waals surface area contributed by atoms with E-state index in [-0.39, 0.29) is 0 Å². The molecule has 1 heterocycles. The lowest BCUT2D eigenvalue weighted by Crippen LogP contribution is -2.33. The Bertz CT molecular complexity index is 555. The Morgan fingerprint density at radius 1 is 1.14 bits per heavy atom. The molecule has 0 amide bonds. The van der Waals surface area contributed by atoms with Gasteiger partial charge in [0.05, 0.1) is 11.0 Å². The van der Waals surface area contributed by atoms with Crippen LogP contribution in [0.15, 0.2) is 24.3 Å². The van der Waals surface area contributed by atoms with Crippen LogP contribution in [-0.2, 0) is 6.42 Å². The number of hydrogen-bond donors (Lipinski definition) is 1. The predicted molar refractivity (Wildman–Crippen MR) is 90.8 cm³/mol. The van der Waals surface area contributed by atoms with E-state index in [0.29, 0.717) is 12.1 Å². The normalized spacial score (nSPS) is 13.2. The molecule has 1 aromatic carbocycles. The van der Waals surface area contributed by atoms with Crippen molar-refractivity contribution in [1.82, 2.24) is 14.9 Å². The van der Waals surface area contributed by atoms with Gasteiger partial charge in [-0.2, -0.15) is 0 Å². The number of hydrogen-bond acceptors (Lipinski definition) is 2. The quantitative estimate of drug-likeness (QED) is 0.783. The number of aryl methyl sites for hydroxylation is 1. The molecule has 2 aromatic rings. The minimum absolute atomic E-state index is 0.430. The molecular formula is C18H29N3. The molecular weight excluding hydrogens is 258 g/mol. The lowest BCUT2D eigenvalue weighted by molar-refractivity contribution is 0.419. The highest BCUT2D eigenvalue weighted by molar-refractivity contribution is 5.76. The summed E-state index contributed by atoms with van der Waals surface area (Å²) in [5, 5.41) is 3.69. The second-order valence-corrected chi connectivity index (χ2v) is 5.91. The zero-order valence-electron chi connectivity index (χ0n) is 13.9. The van der Waals surface area contributed by atoms with E-state index in [1.807, 2.05) is 0 Å². The van der Waals surface area contributed by atoms with Gasteiger partial charge in [0.2, 0.25) is 0 Å². The predicted octanol–water partition coefficient (Wildman–Crippen LogP) is 4.33. The van der Waals surface area contributed by atoms with Crippen LogP contribution in [0.3, 0.4) is 0 Å². The topological polar surface area (TPSA) is 29.9 Å². The Morgan fingerprint density at radius 2 is 1.86 bits per heavy atom. The lowest BCUT2D eigenvalue weighted by atomic mass is 10.1. The standard InChI is InChI=1S/C18H29N3/c1-5-10-18-20-16-11-8-9-12-17(16)21(18)14(4)13-19-15(6-2)7-3/h8-9,11-12,14-15,19H,5-7,10,13H2,1-4H3. The molecule has 21 heavy (non-hydrogen) atoms. The highest BCUT2D eigenvalue weighted by atomic mass is 15.1. The summed E-state index contributed by atoms with van der Waals surface area (Å²) in [6.45, 7) is 10.0. The molecule has 0 aliphatic rings. The summed E-state index contributed by atoms with van der Waals surface area (Å²) in [5.41, 5.74) is 2.38. The van der Waals surface area contributed by atoms with Crippen molar-refractivity contribution < 1.29 is 0 Å². The second-order valence-electron chi connectivity index (χ2n) is 5.91. The van der Waals surface area contributed by atoms with Gasteiger partial charge in [-0.1, -0.05) is 32.9 Å². The zero-order chi connectivity index (χ0) is 15.2. The van der Waals surface area contributed by atoms with Crippen molar-refractivity contribution in [2.75, 3.05) is 6.54 Å². The fraction of sp³-hybridized carbons (Fsp3) is 0.611. The summed E-state index contributed by atoms with van der Waals surface area (Å²) < 4.78 is 2.42. The summed E-state index contributed by atoms with van der Waals surface area (Å²) in [4.78, 5) is 4.83. The van der Waals surface area contributed by atoms with Gasteiger partial charge in [-0.15, -0.1) is 0 Å². The molecule has 0 saturated carbocycles. The van der Waals surface area contributed by atoms with Crippen molar-refractivity contribution in [3.63, 3.8) is 0 Å². The van der Waals surface area contributed by atoms with Gasteiger partial charge in [0.1, 0.15) is 5.82 Å². The number of benzene rings is 1. The first-order valence-electron chi connectivity index (χ1n) is 8.40. The fourth-order valence-electron chi connectivity index (χ4n) is 2.99. The van der Waals surface area contributed by atoms with E-state index in [4.69, 9.17) is 4.98 Å². The van der Waals surface area contributed by atoms with Crippen LogP contribution in [0, 0.1) is 0 Å². The number of para-hydroxylation sites is 2. The molecule has 2 rings (SSSR count). The monoisotopic (exact) mass is 287 g/mol. The Balaban J connectivity index is 2.23. The van der Waals surface area contributed by atoms with Crippen LogP contribution in [0.4, 0.5) is 0 Å². The number of imidazole rings is 1. The number of nitrogens with zero attached hydrogens (tertiary/aromatic N) is 2. The third-order valence-electron chi connectivity index (χ3n) is 4.27. The van der Waals surface area contributed by atoms with Crippen LogP contribution < -0.4 is 5.32 Å². The number of aromatic nitrogens is 2. The first-order valence-corrected chi connectivity index (χ1v) is 8.40. The van der Waals surface area contributed by atoms with Crippen molar-refractivity contribution in [1.29, 1.82) is 0 Å². The molecule has 1 aromatic heterocycles. The van der Waals surface area contributed by atoms with E-state index >= 15 is 0 Å². The Morgan fingerprint density at radius 3 is 2.52 bits per heavy atom. The van der Waals surface area contributed by atoms with Crippen LogP contribution in [0.25, 0.3) is 11.0 Å². The molecule has 1 atom stereocenters. The minimum Gasteiger partial charge on any atom is -0.324 e. The van der Waals surface area contributed by atoms with Crippen LogP contribution in [-0.4, -0.2) is 22.1 Å². The highest BCUT2D eigenvalue weighted by Gasteiger charge is 2.15. The van der Waals surface area contributed by atoms with Gasteiger partial charge in [-0.05, 0) is 38.3 Å². The van der Waals surface area contributed by atoms with E-state index in [0.717, 1.165) is 24.9 Å². The average Bonchev–Trinajstić information content (AvgIpc) is 2.86. The first kappa shape index (κ1) is 16.0. The van der Waals surface area contributed by atoms with Crippen molar-refractivity contribution in [2.24, 2.45) is 0 Å². The van der Waals surface area contributed by atoms with E-state index in [1.54, 1.807) is 0 Å². The van der Waals surface area contributed by atoms with Crippen molar-refractivity contribution >= 4 is 11.0 Å². The van der Waals surface area contributed by atoms with Crippen LogP contribution >= 0.6 is 0 Å². The lowest BCUT2D eigenvalue weighted by Gasteiger charge is -2.22. The van der Waals surface area contributed by atoms with Crippen molar-refractivity contribution in [3.05, 3.63) is 30.1 Å². The Hall–Kier alpha value is -1.35. The maximum Gasteiger partial charge on any atom is 0.110 e. The molecule has 0 fully saturated rings. The third-order valence-corrected chi connectivity index (χ3v) is 4.27. The summed E-state index contributed by atoms with van der Waals surface area (Å²) in [5.74, 6) is 1.22. The van der Waals surface area contributed by atoms with Crippen molar-refractivity contribution in [3.8, 4) is 0 Å². The molecule has 0 saturated heterocycles. The highest BCUT2D eigenvalue weighted by Crippen LogP contribution is 2.22. The van der Waals surface area contributed by atoms with Gasteiger partial charge in [0.15, 0.2) is 0 Å². The molecule has 116 valence electrons. The van der Waals surface area contributed by atoms with E-state index in [2.05, 4.69) is 61.8 Å². The van der Waals surface area contributed by atoms with Crippen LogP contribution in [0.1, 0.15) is 58.8 Å². The SMILES string of the molecule is CCCc1nc2ccccc2n1C(C)CNC(CC)CC. The molecule has 1 N–H and O–H groups in total.